The molecular weight excluding hydrogens is 236 g/mol. The number of aliphatic hydroxyl groups excluding tert-OH is 1. The molecule has 3 N–H and O–H groups in total. The summed E-state index contributed by atoms with van der Waals surface area (Å²) in [6.07, 6.45) is 1.46. The number of rotatable bonds is 5. The molecule has 0 aromatic rings. The summed E-state index contributed by atoms with van der Waals surface area (Å²) in [6, 6.07) is -1.20. The van der Waals surface area contributed by atoms with Crippen LogP contribution < -0.4 is 5.32 Å². The molecule has 0 aromatic carbocycles. The second-order valence-corrected chi connectivity index (χ2v) is 4.93. The monoisotopic (exact) mass is 258 g/mol. The summed E-state index contributed by atoms with van der Waals surface area (Å²) in [5.41, 5.74) is 0. The van der Waals surface area contributed by atoms with Gasteiger partial charge in [0.05, 0.1) is 0 Å². The lowest BCUT2D eigenvalue weighted by Gasteiger charge is -2.24. The second kappa shape index (κ2) is 6.58. The summed E-state index contributed by atoms with van der Waals surface area (Å²) >= 11 is 0. The van der Waals surface area contributed by atoms with Crippen LogP contribution in [0.15, 0.2) is 0 Å². The van der Waals surface area contributed by atoms with E-state index in [1.807, 2.05) is 6.92 Å². The van der Waals surface area contributed by atoms with Crippen molar-refractivity contribution in [2.45, 2.75) is 32.7 Å². The molecule has 1 saturated heterocycles. The molecule has 0 radical (unpaired) electrons. The highest BCUT2D eigenvalue weighted by molar-refractivity contribution is 5.82. The average molecular weight is 258 g/mol. The number of likely N-dealkylation sites (tertiary alicyclic amines) is 1. The van der Waals surface area contributed by atoms with E-state index in [1.54, 1.807) is 11.8 Å². The fourth-order valence-corrected chi connectivity index (χ4v) is 2.07. The fraction of sp³-hybridized carbons (Fsp3) is 0.833. The van der Waals surface area contributed by atoms with Crippen LogP contribution in [0.2, 0.25) is 0 Å². The lowest BCUT2D eigenvalue weighted by molar-refractivity contribution is -0.140. The number of carboxylic acids is 1. The molecule has 0 saturated carbocycles. The van der Waals surface area contributed by atoms with E-state index < -0.39 is 12.0 Å². The Labute approximate surface area is 107 Å². The number of aliphatic hydroxyl groups is 1. The van der Waals surface area contributed by atoms with Gasteiger partial charge in [0.1, 0.15) is 6.04 Å². The predicted octanol–water partition coefficient (Wildman–Crippen LogP) is 0.509. The smallest absolute Gasteiger partial charge is 0.326 e. The van der Waals surface area contributed by atoms with E-state index >= 15 is 0 Å². The average Bonchev–Trinajstić information content (AvgIpc) is 2.83. The quantitative estimate of drug-likeness (QED) is 0.670. The van der Waals surface area contributed by atoms with E-state index in [2.05, 4.69) is 5.32 Å². The Kier molecular flexibility index (Phi) is 5.40. The van der Waals surface area contributed by atoms with Gasteiger partial charge in [-0.1, -0.05) is 20.3 Å². The SMILES string of the molecule is CC[C@H](C)[C@H](NC(=O)N1CCC(CO)C1)C(=O)O. The first-order valence-electron chi connectivity index (χ1n) is 6.38. The van der Waals surface area contributed by atoms with Crippen LogP contribution in [0.1, 0.15) is 26.7 Å². The zero-order chi connectivity index (χ0) is 13.7. The molecule has 6 nitrogen and oxygen atoms in total. The first-order chi connectivity index (χ1) is 8.49. The zero-order valence-electron chi connectivity index (χ0n) is 10.9. The van der Waals surface area contributed by atoms with E-state index in [9.17, 15) is 9.59 Å². The number of nitrogens with zero attached hydrogens (tertiary/aromatic N) is 1. The van der Waals surface area contributed by atoms with E-state index in [1.165, 1.54) is 0 Å². The molecule has 1 rings (SSSR count). The molecule has 0 aromatic heterocycles. The Morgan fingerprint density at radius 3 is 2.61 bits per heavy atom. The highest BCUT2D eigenvalue weighted by Crippen LogP contribution is 2.16. The Balaban J connectivity index is 2.54. The Morgan fingerprint density at radius 1 is 1.50 bits per heavy atom. The summed E-state index contributed by atoms with van der Waals surface area (Å²) in [6.45, 7) is 4.83. The van der Waals surface area contributed by atoms with Gasteiger partial charge in [0, 0.05) is 25.6 Å². The van der Waals surface area contributed by atoms with Gasteiger partial charge in [-0.3, -0.25) is 0 Å². The highest BCUT2D eigenvalue weighted by atomic mass is 16.4. The topological polar surface area (TPSA) is 89.9 Å². The van der Waals surface area contributed by atoms with Gasteiger partial charge in [-0.25, -0.2) is 9.59 Å². The van der Waals surface area contributed by atoms with Gasteiger partial charge < -0.3 is 20.4 Å². The summed E-state index contributed by atoms with van der Waals surface area (Å²) in [5.74, 6) is -0.999. The molecule has 3 atom stereocenters. The lowest BCUT2D eigenvalue weighted by Crippen LogP contribution is -2.50. The number of carbonyl (C=O) groups is 2. The van der Waals surface area contributed by atoms with Crippen LogP contribution in [0.4, 0.5) is 4.79 Å². The standard InChI is InChI=1S/C12H22N2O4/c1-3-8(2)10(11(16)17)13-12(18)14-5-4-9(6-14)7-15/h8-10,15H,3-7H2,1-2H3,(H,13,18)(H,16,17)/t8-,9?,10-/m0/s1. The first kappa shape index (κ1) is 14.8. The largest absolute Gasteiger partial charge is 0.480 e. The molecule has 18 heavy (non-hydrogen) atoms. The number of carbonyl (C=O) groups excluding carboxylic acids is 1. The van der Waals surface area contributed by atoms with Crippen LogP contribution in [0.3, 0.4) is 0 Å². The minimum Gasteiger partial charge on any atom is -0.480 e. The Bertz CT molecular complexity index is 308. The number of hydrogen-bond donors (Lipinski definition) is 3. The third-order valence-electron chi connectivity index (χ3n) is 3.59. The van der Waals surface area contributed by atoms with Gasteiger partial charge in [-0.2, -0.15) is 0 Å². The van der Waals surface area contributed by atoms with Gasteiger partial charge in [0.2, 0.25) is 0 Å². The van der Waals surface area contributed by atoms with Crippen molar-refractivity contribution in [1.82, 2.24) is 10.2 Å². The summed E-state index contributed by atoms with van der Waals surface area (Å²) in [5, 5.41) is 20.7. The molecule has 6 heteroatoms. The van der Waals surface area contributed by atoms with Crippen molar-refractivity contribution >= 4 is 12.0 Å². The minimum atomic E-state index is -1.00. The molecule has 2 amide bonds. The number of carboxylic acid groups (broad SMARTS) is 1. The third kappa shape index (κ3) is 3.60. The van der Waals surface area contributed by atoms with Gasteiger partial charge >= 0.3 is 12.0 Å². The summed E-state index contributed by atoms with van der Waals surface area (Å²) in [4.78, 5) is 24.6. The van der Waals surface area contributed by atoms with E-state index in [-0.39, 0.29) is 24.5 Å². The van der Waals surface area contributed by atoms with Crippen molar-refractivity contribution in [1.29, 1.82) is 0 Å². The fourth-order valence-electron chi connectivity index (χ4n) is 2.07. The van der Waals surface area contributed by atoms with Crippen molar-refractivity contribution in [3.63, 3.8) is 0 Å². The van der Waals surface area contributed by atoms with Crippen LogP contribution >= 0.6 is 0 Å². The highest BCUT2D eigenvalue weighted by Gasteiger charge is 2.30. The zero-order valence-corrected chi connectivity index (χ0v) is 10.9. The molecule has 1 unspecified atom stereocenters. The predicted molar refractivity (Wildman–Crippen MR) is 66.2 cm³/mol. The number of nitrogens with one attached hydrogen (secondary N) is 1. The number of amides is 2. The molecule has 1 aliphatic heterocycles. The first-order valence-corrected chi connectivity index (χ1v) is 6.38. The summed E-state index contributed by atoms with van der Waals surface area (Å²) in [7, 11) is 0. The van der Waals surface area contributed by atoms with E-state index in [0.717, 1.165) is 6.42 Å². The normalized spacial score (nSPS) is 22.6. The Morgan fingerprint density at radius 2 is 2.17 bits per heavy atom. The molecule has 1 aliphatic rings. The molecule has 104 valence electrons. The van der Waals surface area contributed by atoms with Crippen molar-refractivity contribution < 1.29 is 19.8 Å². The lowest BCUT2D eigenvalue weighted by atomic mass is 9.99. The van der Waals surface area contributed by atoms with Crippen molar-refractivity contribution in [3.8, 4) is 0 Å². The molecule has 0 aliphatic carbocycles. The maximum atomic E-state index is 11.9. The van der Waals surface area contributed by atoms with Crippen LogP contribution in [-0.2, 0) is 4.79 Å². The van der Waals surface area contributed by atoms with Crippen LogP contribution in [0.25, 0.3) is 0 Å². The van der Waals surface area contributed by atoms with Crippen molar-refractivity contribution in [2.24, 2.45) is 11.8 Å². The Hall–Kier alpha value is -1.30. The van der Waals surface area contributed by atoms with Gasteiger partial charge in [0.15, 0.2) is 0 Å². The van der Waals surface area contributed by atoms with Gasteiger partial charge in [0.25, 0.3) is 0 Å². The van der Waals surface area contributed by atoms with Crippen molar-refractivity contribution in [3.05, 3.63) is 0 Å². The number of aliphatic carboxylic acids is 1. The number of hydrogen-bond acceptors (Lipinski definition) is 3. The van der Waals surface area contributed by atoms with E-state index in [4.69, 9.17) is 10.2 Å². The van der Waals surface area contributed by atoms with Crippen molar-refractivity contribution in [2.75, 3.05) is 19.7 Å². The van der Waals surface area contributed by atoms with Crippen LogP contribution in [0.5, 0.6) is 0 Å². The number of urea groups is 1. The molecule has 1 fully saturated rings. The summed E-state index contributed by atoms with van der Waals surface area (Å²) < 4.78 is 0. The van der Waals surface area contributed by atoms with Crippen LogP contribution in [0, 0.1) is 11.8 Å². The minimum absolute atomic E-state index is 0.0670. The maximum Gasteiger partial charge on any atom is 0.326 e. The maximum absolute atomic E-state index is 11.9. The molecule has 0 spiro atoms. The molecular formula is C12H22N2O4. The van der Waals surface area contributed by atoms with Crippen LogP contribution in [-0.4, -0.2) is 52.9 Å². The third-order valence-corrected chi connectivity index (χ3v) is 3.59. The van der Waals surface area contributed by atoms with E-state index in [0.29, 0.717) is 19.5 Å². The van der Waals surface area contributed by atoms with Gasteiger partial charge in [-0.05, 0) is 12.3 Å². The molecule has 0 bridgehead atoms. The van der Waals surface area contributed by atoms with Gasteiger partial charge in [-0.15, -0.1) is 0 Å². The second-order valence-electron chi connectivity index (χ2n) is 4.93. The molecule has 1 heterocycles.